The van der Waals surface area contributed by atoms with Crippen LogP contribution >= 0.6 is 0 Å². The lowest BCUT2D eigenvalue weighted by atomic mass is 9.94. The van der Waals surface area contributed by atoms with Crippen molar-refractivity contribution in [2.24, 2.45) is 0 Å². The van der Waals surface area contributed by atoms with Crippen LogP contribution < -0.4 is 0 Å². The summed E-state index contributed by atoms with van der Waals surface area (Å²) in [5.41, 5.74) is -2.11. The second kappa shape index (κ2) is 3.88. The molecule has 1 nitrogen and oxygen atoms in total. The van der Waals surface area contributed by atoms with E-state index in [0.29, 0.717) is 5.56 Å². The highest BCUT2D eigenvalue weighted by Gasteiger charge is 2.37. The lowest BCUT2D eigenvalue weighted by Crippen LogP contribution is -2.28. The van der Waals surface area contributed by atoms with Crippen molar-refractivity contribution < 1.29 is 13.9 Å². The first-order valence-electron chi connectivity index (χ1n) is 4.23. The fraction of sp³-hybridized carbons (Fsp3) is 0.273. The van der Waals surface area contributed by atoms with E-state index in [1.54, 1.807) is 18.2 Å². The van der Waals surface area contributed by atoms with Gasteiger partial charge in [0, 0.05) is 0 Å². The third kappa shape index (κ3) is 1.99. The second-order valence-electron chi connectivity index (χ2n) is 3.29. The predicted molar refractivity (Wildman–Crippen MR) is 51.2 cm³/mol. The molecule has 0 amide bonds. The van der Waals surface area contributed by atoms with Crippen LogP contribution in [0.4, 0.5) is 8.78 Å². The summed E-state index contributed by atoms with van der Waals surface area (Å²) in [7, 11) is 0. The van der Waals surface area contributed by atoms with E-state index in [0.717, 1.165) is 6.92 Å². The highest BCUT2D eigenvalue weighted by atomic mass is 19.2. The summed E-state index contributed by atoms with van der Waals surface area (Å²) in [5.74, 6) is -1.17. The van der Waals surface area contributed by atoms with Crippen molar-refractivity contribution in [1.82, 2.24) is 0 Å². The van der Waals surface area contributed by atoms with E-state index < -0.39 is 17.6 Å². The van der Waals surface area contributed by atoms with Crippen LogP contribution in [-0.2, 0) is 0 Å². The third-order valence-corrected chi connectivity index (χ3v) is 2.16. The fourth-order valence-electron chi connectivity index (χ4n) is 1.10. The molecule has 0 saturated carbocycles. The van der Waals surface area contributed by atoms with Crippen LogP contribution in [0.5, 0.6) is 0 Å². The van der Waals surface area contributed by atoms with Crippen LogP contribution in [0.15, 0.2) is 42.7 Å². The Bertz CT molecular complexity index is 319. The van der Waals surface area contributed by atoms with E-state index in [4.69, 9.17) is 0 Å². The molecule has 0 aromatic heterocycles. The highest BCUT2D eigenvalue weighted by molar-refractivity contribution is 5.23. The zero-order valence-corrected chi connectivity index (χ0v) is 7.87. The van der Waals surface area contributed by atoms with Crippen LogP contribution in [0.2, 0.25) is 0 Å². The second-order valence-corrected chi connectivity index (χ2v) is 3.29. The molecule has 0 aliphatic heterocycles. The molecule has 2 unspecified atom stereocenters. The molecule has 1 aromatic carbocycles. The number of benzene rings is 1. The largest absolute Gasteiger partial charge is 0.385 e. The first-order chi connectivity index (χ1) is 6.46. The minimum absolute atomic E-state index is 0.330. The van der Waals surface area contributed by atoms with E-state index in [2.05, 4.69) is 6.58 Å². The maximum Gasteiger partial charge on any atom is 0.188 e. The molecule has 1 rings (SSSR count). The average Bonchev–Trinajstić information content (AvgIpc) is 2.17. The van der Waals surface area contributed by atoms with Gasteiger partial charge in [-0.2, -0.15) is 0 Å². The summed E-state index contributed by atoms with van der Waals surface area (Å²) in [6, 6.07) is 8.10. The Hall–Kier alpha value is -1.22. The van der Waals surface area contributed by atoms with E-state index in [-0.39, 0.29) is 0 Å². The van der Waals surface area contributed by atoms with Gasteiger partial charge in [-0.15, -0.1) is 0 Å². The van der Waals surface area contributed by atoms with Crippen molar-refractivity contribution in [3.8, 4) is 0 Å². The third-order valence-electron chi connectivity index (χ3n) is 2.16. The van der Waals surface area contributed by atoms with Gasteiger partial charge in [0.25, 0.3) is 0 Å². The highest BCUT2D eigenvalue weighted by Crippen LogP contribution is 2.35. The van der Waals surface area contributed by atoms with Crippen LogP contribution in [0, 0.1) is 0 Å². The van der Waals surface area contributed by atoms with Gasteiger partial charge in [0.15, 0.2) is 5.67 Å². The molecule has 2 atom stereocenters. The Labute approximate surface area is 81.7 Å². The van der Waals surface area contributed by atoms with Crippen molar-refractivity contribution in [3.63, 3.8) is 0 Å². The van der Waals surface area contributed by atoms with Crippen molar-refractivity contribution in [2.45, 2.75) is 18.7 Å². The van der Waals surface area contributed by atoms with Gasteiger partial charge >= 0.3 is 0 Å². The first-order valence-corrected chi connectivity index (χ1v) is 4.23. The van der Waals surface area contributed by atoms with Crippen molar-refractivity contribution in [3.05, 3.63) is 48.3 Å². The molecular formula is C11H12F2O. The summed E-state index contributed by atoms with van der Waals surface area (Å²) < 4.78 is 26.3. The zero-order chi connectivity index (χ0) is 10.8. The fourth-order valence-corrected chi connectivity index (χ4v) is 1.10. The number of hydrogen-bond acceptors (Lipinski definition) is 1. The molecular weight excluding hydrogens is 186 g/mol. The Morgan fingerprint density at radius 2 is 1.93 bits per heavy atom. The Morgan fingerprint density at radius 3 is 2.36 bits per heavy atom. The van der Waals surface area contributed by atoms with E-state index in [1.165, 1.54) is 12.1 Å². The average molecular weight is 198 g/mol. The molecule has 0 bridgehead atoms. The van der Waals surface area contributed by atoms with Crippen LogP contribution in [-0.4, -0.2) is 10.8 Å². The molecule has 1 aromatic rings. The normalized spacial score (nSPS) is 17.1. The van der Waals surface area contributed by atoms with Gasteiger partial charge in [0.2, 0.25) is 0 Å². The molecule has 0 fully saturated rings. The Kier molecular flexibility index (Phi) is 3.01. The maximum atomic E-state index is 13.6. The molecule has 3 heteroatoms. The molecule has 0 spiro atoms. The maximum absolute atomic E-state index is 13.6. The van der Waals surface area contributed by atoms with Gasteiger partial charge in [0.05, 0.1) is 0 Å². The first kappa shape index (κ1) is 10.9. The number of rotatable bonds is 3. The van der Waals surface area contributed by atoms with Crippen LogP contribution in [0.1, 0.15) is 18.6 Å². The SMILES string of the molecule is C=C(F)C(C)(F)C(O)c1ccccc1. The van der Waals surface area contributed by atoms with Gasteiger partial charge in [-0.3, -0.25) is 0 Å². The lowest BCUT2D eigenvalue weighted by Gasteiger charge is -2.24. The number of aliphatic hydroxyl groups is 1. The Morgan fingerprint density at radius 1 is 1.43 bits per heavy atom. The predicted octanol–water partition coefficient (Wildman–Crippen LogP) is 2.93. The summed E-state index contributed by atoms with van der Waals surface area (Å²) in [5, 5.41) is 9.54. The number of aliphatic hydroxyl groups excluding tert-OH is 1. The number of halogens is 2. The topological polar surface area (TPSA) is 20.2 Å². The minimum atomic E-state index is -2.44. The van der Waals surface area contributed by atoms with Gasteiger partial charge in [-0.05, 0) is 12.5 Å². The molecule has 0 aliphatic rings. The standard InChI is InChI=1S/C11H12F2O/c1-8(12)11(2,13)10(14)9-6-4-3-5-7-9/h3-7,10,14H,1H2,2H3. The molecule has 0 heterocycles. The number of hydrogen-bond donors (Lipinski definition) is 1. The van der Waals surface area contributed by atoms with Gasteiger partial charge in [-0.25, -0.2) is 8.78 Å². The molecule has 0 saturated heterocycles. The molecule has 0 radical (unpaired) electrons. The van der Waals surface area contributed by atoms with E-state index in [1.807, 2.05) is 0 Å². The van der Waals surface area contributed by atoms with Gasteiger partial charge < -0.3 is 5.11 Å². The quantitative estimate of drug-likeness (QED) is 0.791. The molecule has 76 valence electrons. The van der Waals surface area contributed by atoms with Crippen LogP contribution in [0.3, 0.4) is 0 Å². The van der Waals surface area contributed by atoms with E-state index >= 15 is 0 Å². The van der Waals surface area contributed by atoms with Gasteiger partial charge in [-0.1, -0.05) is 36.9 Å². The smallest absolute Gasteiger partial charge is 0.188 e. The number of alkyl halides is 1. The lowest BCUT2D eigenvalue weighted by molar-refractivity contribution is 0.0145. The van der Waals surface area contributed by atoms with Crippen molar-refractivity contribution in [2.75, 3.05) is 0 Å². The molecule has 0 aliphatic carbocycles. The summed E-state index contributed by atoms with van der Waals surface area (Å²) in [6.07, 6.45) is -1.53. The summed E-state index contributed by atoms with van der Waals surface area (Å²) in [6.45, 7) is 3.84. The van der Waals surface area contributed by atoms with Crippen molar-refractivity contribution >= 4 is 0 Å². The van der Waals surface area contributed by atoms with Crippen LogP contribution in [0.25, 0.3) is 0 Å². The Balaban J connectivity index is 2.96. The summed E-state index contributed by atoms with van der Waals surface area (Å²) >= 11 is 0. The molecule has 14 heavy (non-hydrogen) atoms. The minimum Gasteiger partial charge on any atom is -0.385 e. The van der Waals surface area contributed by atoms with Gasteiger partial charge in [0.1, 0.15) is 11.9 Å². The summed E-state index contributed by atoms with van der Waals surface area (Å²) in [4.78, 5) is 0. The van der Waals surface area contributed by atoms with E-state index in [9.17, 15) is 13.9 Å². The molecule has 1 N–H and O–H groups in total. The monoisotopic (exact) mass is 198 g/mol. The zero-order valence-electron chi connectivity index (χ0n) is 7.87. The van der Waals surface area contributed by atoms with Crippen molar-refractivity contribution in [1.29, 1.82) is 0 Å².